The molecule has 0 unspecified atom stereocenters. The minimum absolute atomic E-state index is 0.204. The maximum Gasteiger partial charge on any atom is 0.228 e. The van der Waals surface area contributed by atoms with Crippen molar-refractivity contribution in [3.05, 3.63) is 40.9 Å². The van der Waals surface area contributed by atoms with Gasteiger partial charge >= 0.3 is 0 Å². The molecule has 0 aliphatic heterocycles. The van der Waals surface area contributed by atoms with Crippen LogP contribution in [-0.4, -0.2) is 5.91 Å². The molecule has 2 atom stereocenters. The zero-order chi connectivity index (χ0) is 13.2. The van der Waals surface area contributed by atoms with Crippen molar-refractivity contribution in [3.63, 3.8) is 0 Å². The number of benzene rings is 1. The summed E-state index contributed by atoms with van der Waals surface area (Å²) in [6, 6.07) is 7.80. The highest BCUT2D eigenvalue weighted by Crippen LogP contribution is 2.53. The minimum atomic E-state index is 0.204. The van der Waals surface area contributed by atoms with Crippen LogP contribution in [0, 0.1) is 17.8 Å². The highest BCUT2D eigenvalue weighted by molar-refractivity contribution is 9.10. The fraction of sp³-hybridized carbons (Fsp3) is 0.438. The number of halogens is 1. The van der Waals surface area contributed by atoms with Gasteiger partial charge in [0, 0.05) is 16.1 Å². The largest absolute Gasteiger partial charge is 0.326 e. The number of carbonyl (C=O) groups excluding carboxylic acids is 1. The van der Waals surface area contributed by atoms with Crippen LogP contribution in [-0.2, 0) is 4.79 Å². The number of allylic oxidation sites excluding steroid dienone is 2. The zero-order valence-electron chi connectivity index (χ0n) is 10.8. The van der Waals surface area contributed by atoms with Crippen LogP contribution in [0.2, 0.25) is 0 Å². The third kappa shape index (κ3) is 2.92. The van der Waals surface area contributed by atoms with Gasteiger partial charge in [-0.1, -0.05) is 34.1 Å². The predicted octanol–water partition coefficient (Wildman–Crippen LogP) is 4.38. The lowest BCUT2D eigenvalue weighted by molar-refractivity contribution is -0.117. The molecule has 0 bridgehead atoms. The lowest BCUT2D eigenvalue weighted by atomic mass is 10.1. The fourth-order valence-electron chi connectivity index (χ4n) is 3.23. The number of carbonyl (C=O) groups is 1. The van der Waals surface area contributed by atoms with E-state index in [1.54, 1.807) is 0 Å². The monoisotopic (exact) mass is 319 g/mol. The summed E-state index contributed by atoms with van der Waals surface area (Å²) in [5.41, 5.74) is 0.886. The molecular formula is C16H18BrNO. The first-order chi connectivity index (χ1) is 9.25. The van der Waals surface area contributed by atoms with Crippen molar-refractivity contribution in [1.82, 2.24) is 0 Å². The Morgan fingerprint density at radius 1 is 1.16 bits per heavy atom. The first-order valence-electron chi connectivity index (χ1n) is 6.97. The van der Waals surface area contributed by atoms with Gasteiger partial charge < -0.3 is 5.32 Å². The van der Waals surface area contributed by atoms with Gasteiger partial charge in [0.25, 0.3) is 0 Å². The maximum absolute atomic E-state index is 12.3. The molecule has 1 amide bonds. The van der Waals surface area contributed by atoms with Crippen LogP contribution >= 0.6 is 15.9 Å². The Hall–Kier alpha value is -1.09. The molecule has 2 aliphatic carbocycles. The van der Waals surface area contributed by atoms with Crippen molar-refractivity contribution in [2.24, 2.45) is 17.8 Å². The van der Waals surface area contributed by atoms with Crippen LogP contribution in [0.15, 0.2) is 40.9 Å². The van der Waals surface area contributed by atoms with Crippen molar-refractivity contribution in [2.75, 3.05) is 5.32 Å². The van der Waals surface area contributed by atoms with Gasteiger partial charge in [-0.15, -0.1) is 0 Å². The van der Waals surface area contributed by atoms with Crippen molar-refractivity contribution in [1.29, 1.82) is 0 Å². The summed E-state index contributed by atoms with van der Waals surface area (Å²) in [6.07, 6.45) is 9.11. The first-order valence-corrected chi connectivity index (χ1v) is 7.76. The Morgan fingerprint density at radius 2 is 1.84 bits per heavy atom. The second kappa shape index (κ2) is 5.49. The number of fused-ring (bicyclic) bond motifs is 1. The smallest absolute Gasteiger partial charge is 0.228 e. The van der Waals surface area contributed by atoms with Crippen LogP contribution in [0.3, 0.4) is 0 Å². The standard InChI is InChI=1S/C16H18BrNO/c17-11-6-5-7-12(10-11)18-16(19)15-13-8-3-1-2-4-9-14(13)15/h1-2,5-7,10,13-15H,3-4,8-9H2,(H,18,19)/b2-1-/t13-,14-/m0/s1. The lowest BCUT2D eigenvalue weighted by Gasteiger charge is -2.05. The number of rotatable bonds is 2. The van der Waals surface area contributed by atoms with E-state index in [9.17, 15) is 4.79 Å². The average Bonchev–Trinajstić information content (AvgIpc) is 3.00. The summed E-state index contributed by atoms with van der Waals surface area (Å²) < 4.78 is 0.997. The van der Waals surface area contributed by atoms with E-state index in [1.165, 1.54) is 0 Å². The Bertz CT molecular complexity index is 495. The summed E-state index contributed by atoms with van der Waals surface area (Å²) in [5.74, 6) is 1.66. The van der Waals surface area contributed by atoms with Gasteiger partial charge in [-0.3, -0.25) is 4.79 Å². The molecule has 2 aliphatic rings. The third-order valence-electron chi connectivity index (χ3n) is 4.23. The van der Waals surface area contributed by atoms with Gasteiger partial charge in [-0.25, -0.2) is 0 Å². The number of hydrogen-bond donors (Lipinski definition) is 1. The summed E-state index contributed by atoms with van der Waals surface area (Å²) in [5, 5.41) is 3.05. The van der Waals surface area contributed by atoms with Crippen LogP contribution in [0.4, 0.5) is 5.69 Å². The molecule has 0 aromatic heterocycles. The molecule has 3 heteroatoms. The Labute approximate surface area is 122 Å². The molecule has 100 valence electrons. The van der Waals surface area contributed by atoms with Crippen LogP contribution in [0.25, 0.3) is 0 Å². The van der Waals surface area contributed by atoms with E-state index in [0.29, 0.717) is 11.8 Å². The number of hydrogen-bond acceptors (Lipinski definition) is 1. The third-order valence-corrected chi connectivity index (χ3v) is 4.72. The fourth-order valence-corrected chi connectivity index (χ4v) is 3.63. The summed E-state index contributed by atoms with van der Waals surface area (Å²) >= 11 is 3.43. The van der Waals surface area contributed by atoms with E-state index in [4.69, 9.17) is 0 Å². The summed E-state index contributed by atoms with van der Waals surface area (Å²) in [7, 11) is 0. The molecule has 0 radical (unpaired) electrons. The second-order valence-corrected chi connectivity index (χ2v) is 6.39. The molecule has 2 nitrogen and oxygen atoms in total. The maximum atomic E-state index is 12.3. The summed E-state index contributed by atoms with van der Waals surface area (Å²) in [6.45, 7) is 0. The van der Waals surface area contributed by atoms with Gasteiger partial charge in [0.1, 0.15) is 0 Å². The number of nitrogens with one attached hydrogen (secondary N) is 1. The molecule has 19 heavy (non-hydrogen) atoms. The molecule has 0 saturated heterocycles. The topological polar surface area (TPSA) is 29.1 Å². The molecule has 0 heterocycles. The van der Waals surface area contributed by atoms with Crippen LogP contribution < -0.4 is 5.32 Å². The molecule has 1 N–H and O–H groups in total. The Balaban J connectivity index is 1.63. The van der Waals surface area contributed by atoms with E-state index in [-0.39, 0.29) is 11.8 Å². The predicted molar refractivity (Wildman–Crippen MR) is 80.8 cm³/mol. The number of anilines is 1. The number of amides is 1. The molecule has 1 saturated carbocycles. The van der Waals surface area contributed by atoms with Crippen molar-refractivity contribution in [2.45, 2.75) is 25.7 Å². The van der Waals surface area contributed by atoms with Crippen LogP contribution in [0.5, 0.6) is 0 Å². The molecular weight excluding hydrogens is 302 g/mol. The highest BCUT2D eigenvalue weighted by atomic mass is 79.9. The highest BCUT2D eigenvalue weighted by Gasteiger charge is 2.53. The van der Waals surface area contributed by atoms with Gasteiger partial charge in [-0.05, 0) is 55.7 Å². The van der Waals surface area contributed by atoms with Crippen molar-refractivity contribution in [3.8, 4) is 0 Å². The van der Waals surface area contributed by atoms with E-state index in [0.717, 1.165) is 35.8 Å². The molecule has 1 fully saturated rings. The van der Waals surface area contributed by atoms with Crippen molar-refractivity contribution >= 4 is 27.5 Å². The molecule has 3 rings (SSSR count). The van der Waals surface area contributed by atoms with Crippen molar-refractivity contribution < 1.29 is 4.79 Å². The average molecular weight is 320 g/mol. The minimum Gasteiger partial charge on any atom is -0.326 e. The van der Waals surface area contributed by atoms with Gasteiger partial charge in [0.05, 0.1) is 0 Å². The normalized spacial score (nSPS) is 30.7. The quantitative estimate of drug-likeness (QED) is 0.805. The Kier molecular flexibility index (Phi) is 3.74. The molecule has 1 aromatic carbocycles. The van der Waals surface area contributed by atoms with Gasteiger partial charge in [0.15, 0.2) is 0 Å². The van der Waals surface area contributed by atoms with E-state index in [1.807, 2.05) is 24.3 Å². The van der Waals surface area contributed by atoms with Gasteiger partial charge in [0.2, 0.25) is 5.91 Å². The SMILES string of the molecule is O=C(Nc1cccc(Br)c1)C1[C@H]2CC/C=C\CC[C@H]12. The lowest BCUT2D eigenvalue weighted by Crippen LogP contribution is -2.15. The van der Waals surface area contributed by atoms with Gasteiger partial charge in [-0.2, -0.15) is 0 Å². The molecule has 0 spiro atoms. The van der Waals surface area contributed by atoms with E-state index >= 15 is 0 Å². The molecule has 1 aromatic rings. The zero-order valence-corrected chi connectivity index (χ0v) is 12.4. The van der Waals surface area contributed by atoms with E-state index < -0.39 is 0 Å². The first kappa shape index (κ1) is 12.9. The second-order valence-electron chi connectivity index (χ2n) is 5.48. The van der Waals surface area contributed by atoms with Crippen LogP contribution in [0.1, 0.15) is 25.7 Å². The van der Waals surface area contributed by atoms with E-state index in [2.05, 4.69) is 33.4 Å². The summed E-state index contributed by atoms with van der Waals surface area (Å²) in [4.78, 5) is 12.3. The Morgan fingerprint density at radius 3 is 2.47 bits per heavy atom.